The number of methoxy groups -OCH3 is 1. The lowest BCUT2D eigenvalue weighted by Gasteiger charge is -2.32. The SMILES string of the molecule is COC(=O)c1cccc(-c2ccccc2)c1B1OC(C)(C)C(C)(C)O1.Cc1ccc(-c2ccccc2)c(B2OC(C)(C)C(C)(C)O2)c1C(=O)O. The monoisotopic (exact) mass is 676 g/mol. The molecule has 0 bridgehead atoms. The Hall–Kier alpha value is -4.21. The summed E-state index contributed by atoms with van der Waals surface area (Å²) in [5.74, 6) is -1.37. The summed E-state index contributed by atoms with van der Waals surface area (Å²) in [5, 5.41) is 9.83. The van der Waals surface area contributed by atoms with Gasteiger partial charge < -0.3 is 28.5 Å². The van der Waals surface area contributed by atoms with E-state index in [1.165, 1.54) is 7.11 Å². The zero-order chi connectivity index (χ0) is 36.6. The normalized spacial score (nSPS) is 18.3. The van der Waals surface area contributed by atoms with E-state index in [0.29, 0.717) is 22.1 Å². The Morgan fingerprint density at radius 1 is 0.580 bits per heavy atom. The average Bonchev–Trinajstić information content (AvgIpc) is 3.43. The maximum absolute atomic E-state index is 12.4. The molecule has 0 aliphatic carbocycles. The molecule has 8 nitrogen and oxygen atoms in total. The molecule has 2 aliphatic heterocycles. The number of rotatable bonds is 6. The summed E-state index contributed by atoms with van der Waals surface area (Å²) in [7, 11) is 0.00708. The average molecular weight is 676 g/mol. The zero-order valence-electron chi connectivity index (χ0n) is 30.6. The van der Waals surface area contributed by atoms with Crippen molar-refractivity contribution in [2.24, 2.45) is 0 Å². The summed E-state index contributed by atoms with van der Waals surface area (Å²) < 4.78 is 29.8. The molecule has 0 spiro atoms. The molecule has 260 valence electrons. The third kappa shape index (κ3) is 7.03. The van der Waals surface area contributed by atoms with Gasteiger partial charge in [0, 0.05) is 10.9 Å². The summed E-state index contributed by atoms with van der Waals surface area (Å²) in [6.45, 7) is 17.6. The van der Waals surface area contributed by atoms with Crippen molar-refractivity contribution in [1.82, 2.24) is 0 Å². The van der Waals surface area contributed by atoms with Crippen LogP contribution in [0.5, 0.6) is 0 Å². The number of aromatic carboxylic acids is 1. The van der Waals surface area contributed by atoms with Gasteiger partial charge in [-0.3, -0.25) is 0 Å². The number of carboxylic acid groups (broad SMARTS) is 1. The molecule has 0 radical (unpaired) electrons. The molecular formula is C40H46B2O8. The molecule has 0 saturated carbocycles. The van der Waals surface area contributed by atoms with Crippen molar-refractivity contribution in [2.45, 2.75) is 84.7 Å². The molecule has 6 rings (SSSR count). The van der Waals surface area contributed by atoms with Gasteiger partial charge in [-0.1, -0.05) is 84.9 Å². The number of ether oxygens (including phenoxy) is 1. The quantitative estimate of drug-likeness (QED) is 0.171. The number of carbonyl (C=O) groups is 2. The first-order chi connectivity index (χ1) is 23.4. The Labute approximate surface area is 296 Å². The van der Waals surface area contributed by atoms with E-state index >= 15 is 0 Å². The molecule has 2 heterocycles. The Balaban J connectivity index is 0.000000194. The van der Waals surface area contributed by atoms with E-state index in [2.05, 4.69) is 0 Å². The second-order valence-electron chi connectivity index (χ2n) is 14.7. The summed E-state index contributed by atoms with van der Waals surface area (Å²) in [5.41, 5.74) is 4.30. The lowest BCUT2D eigenvalue weighted by molar-refractivity contribution is 0.00578. The molecular weight excluding hydrogens is 630 g/mol. The summed E-state index contributed by atoms with van der Waals surface area (Å²) in [6.07, 6.45) is 0. The molecule has 10 heteroatoms. The number of aryl methyl sites for hydroxylation is 1. The Morgan fingerprint density at radius 3 is 1.42 bits per heavy atom. The summed E-state index contributed by atoms with van der Waals surface area (Å²) in [6, 6.07) is 29.0. The van der Waals surface area contributed by atoms with Crippen molar-refractivity contribution >= 4 is 37.1 Å². The molecule has 2 fully saturated rings. The highest BCUT2D eigenvalue weighted by Crippen LogP contribution is 2.39. The first-order valence-electron chi connectivity index (χ1n) is 16.8. The lowest BCUT2D eigenvalue weighted by Crippen LogP contribution is -2.41. The van der Waals surface area contributed by atoms with E-state index < -0.39 is 48.6 Å². The van der Waals surface area contributed by atoms with Gasteiger partial charge in [-0.25, -0.2) is 9.59 Å². The number of carbonyl (C=O) groups excluding carboxylic acids is 1. The maximum atomic E-state index is 12.4. The highest BCUT2D eigenvalue weighted by Gasteiger charge is 2.54. The van der Waals surface area contributed by atoms with E-state index in [1.54, 1.807) is 13.0 Å². The highest BCUT2D eigenvalue weighted by atomic mass is 16.7. The summed E-state index contributed by atoms with van der Waals surface area (Å²) in [4.78, 5) is 24.4. The zero-order valence-corrected chi connectivity index (χ0v) is 30.6. The second-order valence-corrected chi connectivity index (χ2v) is 14.7. The van der Waals surface area contributed by atoms with Crippen LogP contribution in [-0.4, -0.2) is 60.8 Å². The van der Waals surface area contributed by atoms with E-state index in [9.17, 15) is 14.7 Å². The minimum absolute atomic E-state index is 0.250. The Kier molecular flexibility index (Phi) is 10.3. The standard InChI is InChI=1S/2C20H23BO4/c1-19(2)20(3,4)25-21(24-19)17-15(14-10-7-6-8-11-14)12-9-13-16(17)18(22)23-5;1-13-11-12-15(14-9-7-6-8-10-14)17(16(13)18(22)23)21-24-19(2,3)20(4,5)25-21/h6-13H,1-5H3;6-12H,1-5H3,(H,22,23). The van der Waals surface area contributed by atoms with Crippen molar-refractivity contribution < 1.29 is 38.0 Å². The van der Waals surface area contributed by atoms with Crippen LogP contribution in [0.25, 0.3) is 22.3 Å². The van der Waals surface area contributed by atoms with Gasteiger partial charge in [-0.05, 0) is 96.2 Å². The van der Waals surface area contributed by atoms with Gasteiger partial charge in [-0.2, -0.15) is 0 Å². The van der Waals surface area contributed by atoms with Crippen molar-refractivity contribution in [3.05, 3.63) is 108 Å². The fourth-order valence-corrected chi connectivity index (χ4v) is 6.03. The Bertz CT molecular complexity index is 1840. The van der Waals surface area contributed by atoms with Crippen LogP contribution >= 0.6 is 0 Å². The van der Waals surface area contributed by atoms with Crippen LogP contribution in [0.3, 0.4) is 0 Å². The molecule has 4 aromatic carbocycles. The molecule has 50 heavy (non-hydrogen) atoms. The molecule has 2 aliphatic rings. The molecule has 0 unspecified atom stereocenters. The predicted octanol–water partition coefficient (Wildman–Crippen LogP) is 7.10. The number of esters is 1. The minimum Gasteiger partial charge on any atom is -0.478 e. The molecule has 0 atom stereocenters. The van der Waals surface area contributed by atoms with Crippen molar-refractivity contribution in [3.8, 4) is 22.3 Å². The fourth-order valence-electron chi connectivity index (χ4n) is 6.03. The predicted molar refractivity (Wildman–Crippen MR) is 198 cm³/mol. The molecule has 2 saturated heterocycles. The van der Waals surface area contributed by atoms with Crippen LogP contribution in [0.15, 0.2) is 91.0 Å². The molecule has 4 aromatic rings. The van der Waals surface area contributed by atoms with Crippen molar-refractivity contribution in [1.29, 1.82) is 0 Å². The van der Waals surface area contributed by atoms with Gasteiger partial charge in [0.1, 0.15) is 0 Å². The van der Waals surface area contributed by atoms with Crippen LogP contribution in [0.1, 0.15) is 81.7 Å². The van der Waals surface area contributed by atoms with E-state index in [-0.39, 0.29) is 5.56 Å². The maximum Gasteiger partial charge on any atom is 0.496 e. The minimum atomic E-state index is -0.972. The number of hydrogen-bond donors (Lipinski definition) is 1. The number of carboxylic acids is 1. The van der Waals surface area contributed by atoms with Crippen LogP contribution in [0.4, 0.5) is 0 Å². The van der Waals surface area contributed by atoms with Gasteiger partial charge >= 0.3 is 26.2 Å². The van der Waals surface area contributed by atoms with Gasteiger partial charge in [0.15, 0.2) is 0 Å². The second kappa shape index (κ2) is 13.8. The fraction of sp³-hybridized carbons (Fsp3) is 0.350. The third-order valence-corrected chi connectivity index (χ3v) is 10.3. The van der Waals surface area contributed by atoms with E-state index in [1.807, 2.05) is 140 Å². The van der Waals surface area contributed by atoms with Crippen LogP contribution in [0, 0.1) is 6.92 Å². The highest BCUT2D eigenvalue weighted by molar-refractivity contribution is 6.66. The van der Waals surface area contributed by atoms with Crippen LogP contribution < -0.4 is 10.9 Å². The van der Waals surface area contributed by atoms with E-state index in [4.69, 9.17) is 23.4 Å². The number of benzene rings is 4. The van der Waals surface area contributed by atoms with Gasteiger partial charge in [0.05, 0.1) is 40.6 Å². The topological polar surface area (TPSA) is 101 Å². The van der Waals surface area contributed by atoms with Crippen LogP contribution in [0.2, 0.25) is 0 Å². The van der Waals surface area contributed by atoms with Crippen LogP contribution in [-0.2, 0) is 23.4 Å². The first-order valence-corrected chi connectivity index (χ1v) is 16.8. The van der Waals surface area contributed by atoms with Crippen molar-refractivity contribution in [2.75, 3.05) is 7.11 Å². The molecule has 0 aromatic heterocycles. The molecule has 0 amide bonds. The molecule has 1 N–H and O–H groups in total. The first kappa shape index (κ1) is 37.1. The smallest absolute Gasteiger partial charge is 0.478 e. The van der Waals surface area contributed by atoms with Crippen molar-refractivity contribution in [3.63, 3.8) is 0 Å². The largest absolute Gasteiger partial charge is 0.496 e. The Morgan fingerprint density at radius 2 is 1.00 bits per heavy atom. The number of hydrogen-bond acceptors (Lipinski definition) is 7. The summed E-state index contributed by atoms with van der Waals surface area (Å²) >= 11 is 0. The van der Waals surface area contributed by atoms with Gasteiger partial charge in [0.25, 0.3) is 0 Å². The van der Waals surface area contributed by atoms with Gasteiger partial charge in [-0.15, -0.1) is 0 Å². The third-order valence-electron chi connectivity index (χ3n) is 10.3. The van der Waals surface area contributed by atoms with E-state index in [0.717, 1.165) is 22.3 Å². The van der Waals surface area contributed by atoms with Gasteiger partial charge in [0.2, 0.25) is 0 Å². The lowest BCUT2D eigenvalue weighted by atomic mass is 9.70.